The van der Waals surface area contributed by atoms with Gasteiger partial charge in [0.1, 0.15) is 5.60 Å². The molecule has 0 spiro atoms. The summed E-state index contributed by atoms with van der Waals surface area (Å²) in [4.78, 5) is 7.15. The molecule has 1 saturated heterocycles. The largest absolute Gasteiger partial charge is 0.383 e. The fourth-order valence-electron chi connectivity index (χ4n) is 2.94. The van der Waals surface area contributed by atoms with Gasteiger partial charge in [-0.2, -0.15) is 5.10 Å². The standard InChI is InChI=1S/C18H34N6O2/c1-6-19-16(20-13-17(2,3)24-7-9-26-10-8-24)21-14-18(4,25)15-11-22-23(5)12-15/h11-12,25H,6-10,13-14H2,1-5H3,(H2,19,20,21). The lowest BCUT2D eigenvalue weighted by molar-refractivity contribution is -0.00685. The van der Waals surface area contributed by atoms with Crippen molar-refractivity contribution < 1.29 is 9.84 Å². The van der Waals surface area contributed by atoms with E-state index < -0.39 is 5.60 Å². The Labute approximate surface area is 156 Å². The molecule has 1 aliphatic rings. The van der Waals surface area contributed by atoms with Gasteiger partial charge in [-0.25, -0.2) is 0 Å². The predicted molar refractivity (Wildman–Crippen MR) is 103 cm³/mol. The maximum atomic E-state index is 10.7. The number of aromatic nitrogens is 2. The maximum Gasteiger partial charge on any atom is 0.191 e. The molecular weight excluding hydrogens is 332 g/mol. The second-order valence-electron chi connectivity index (χ2n) is 7.64. The van der Waals surface area contributed by atoms with Crippen LogP contribution in [0.25, 0.3) is 0 Å². The Kier molecular flexibility index (Phi) is 7.02. The van der Waals surface area contributed by atoms with Gasteiger partial charge in [0.05, 0.1) is 32.5 Å². The molecule has 2 rings (SSSR count). The second kappa shape index (κ2) is 8.83. The van der Waals surface area contributed by atoms with Crippen molar-refractivity contribution >= 4 is 5.96 Å². The molecule has 1 aromatic rings. The van der Waals surface area contributed by atoms with E-state index in [1.807, 2.05) is 20.2 Å². The normalized spacial score (nSPS) is 19.2. The number of aliphatic imine (C=N–C) groups is 1. The summed E-state index contributed by atoms with van der Waals surface area (Å²) in [6.07, 6.45) is 3.51. The quantitative estimate of drug-likeness (QED) is 0.475. The molecule has 0 radical (unpaired) electrons. The smallest absolute Gasteiger partial charge is 0.191 e. The molecule has 0 amide bonds. The first kappa shape index (κ1) is 20.7. The molecule has 0 saturated carbocycles. The Hall–Kier alpha value is -1.64. The third kappa shape index (κ3) is 5.69. The number of morpholine rings is 1. The van der Waals surface area contributed by atoms with Crippen LogP contribution in [0.4, 0.5) is 0 Å². The molecular formula is C18H34N6O2. The van der Waals surface area contributed by atoms with Crippen molar-refractivity contribution in [2.24, 2.45) is 12.0 Å². The summed E-state index contributed by atoms with van der Waals surface area (Å²) in [6, 6.07) is 0. The van der Waals surface area contributed by atoms with Crippen LogP contribution in [0.5, 0.6) is 0 Å². The average molecular weight is 367 g/mol. The van der Waals surface area contributed by atoms with Crippen molar-refractivity contribution in [2.45, 2.75) is 38.8 Å². The number of nitrogens with zero attached hydrogens (tertiary/aromatic N) is 4. The molecule has 3 N–H and O–H groups in total. The van der Waals surface area contributed by atoms with Crippen LogP contribution in [-0.2, 0) is 17.4 Å². The van der Waals surface area contributed by atoms with E-state index in [1.54, 1.807) is 17.8 Å². The van der Waals surface area contributed by atoms with Gasteiger partial charge >= 0.3 is 0 Å². The van der Waals surface area contributed by atoms with E-state index in [2.05, 4.69) is 34.5 Å². The summed E-state index contributed by atoms with van der Waals surface area (Å²) in [5.74, 6) is 0.706. The molecule has 1 aromatic heterocycles. The number of rotatable bonds is 7. The van der Waals surface area contributed by atoms with Gasteiger partial charge < -0.3 is 20.5 Å². The zero-order valence-corrected chi connectivity index (χ0v) is 16.7. The third-order valence-corrected chi connectivity index (χ3v) is 4.76. The van der Waals surface area contributed by atoms with Gasteiger partial charge in [-0.05, 0) is 27.7 Å². The van der Waals surface area contributed by atoms with Crippen molar-refractivity contribution in [3.8, 4) is 0 Å². The third-order valence-electron chi connectivity index (χ3n) is 4.76. The zero-order valence-electron chi connectivity index (χ0n) is 16.7. The molecule has 1 fully saturated rings. The molecule has 148 valence electrons. The first-order valence-corrected chi connectivity index (χ1v) is 9.31. The first-order chi connectivity index (χ1) is 12.2. The van der Waals surface area contributed by atoms with E-state index in [9.17, 15) is 5.11 Å². The minimum Gasteiger partial charge on any atom is -0.383 e. The topological polar surface area (TPSA) is 86.9 Å². The van der Waals surface area contributed by atoms with E-state index in [-0.39, 0.29) is 5.54 Å². The minimum atomic E-state index is -1.02. The fraction of sp³-hybridized carbons (Fsp3) is 0.778. The predicted octanol–water partition coefficient (Wildman–Crippen LogP) is 0.294. The monoisotopic (exact) mass is 366 g/mol. The van der Waals surface area contributed by atoms with E-state index >= 15 is 0 Å². The Bertz CT molecular complexity index is 590. The lowest BCUT2D eigenvalue weighted by Crippen LogP contribution is -2.52. The van der Waals surface area contributed by atoms with Gasteiger partial charge in [0.15, 0.2) is 5.96 Å². The van der Waals surface area contributed by atoms with E-state index in [1.165, 1.54) is 0 Å². The van der Waals surface area contributed by atoms with Crippen molar-refractivity contribution in [2.75, 3.05) is 45.9 Å². The van der Waals surface area contributed by atoms with Crippen LogP contribution in [0.3, 0.4) is 0 Å². The van der Waals surface area contributed by atoms with Gasteiger partial charge in [0.2, 0.25) is 0 Å². The number of guanidine groups is 1. The summed E-state index contributed by atoms with van der Waals surface area (Å²) < 4.78 is 7.13. The van der Waals surface area contributed by atoms with Gasteiger partial charge in [0.25, 0.3) is 0 Å². The van der Waals surface area contributed by atoms with Crippen LogP contribution < -0.4 is 10.6 Å². The highest BCUT2D eigenvalue weighted by atomic mass is 16.5. The summed E-state index contributed by atoms with van der Waals surface area (Å²) in [6.45, 7) is 13.4. The zero-order chi connectivity index (χ0) is 19.2. The van der Waals surface area contributed by atoms with Crippen LogP contribution in [0.15, 0.2) is 17.4 Å². The number of hydrogen-bond donors (Lipinski definition) is 3. The Morgan fingerprint density at radius 2 is 2.00 bits per heavy atom. The van der Waals surface area contributed by atoms with Crippen molar-refractivity contribution in [3.05, 3.63) is 18.0 Å². The number of aliphatic hydroxyl groups is 1. The molecule has 1 aliphatic heterocycles. The van der Waals surface area contributed by atoms with Gasteiger partial charge in [-0.1, -0.05) is 0 Å². The number of nitrogens with one attached hydrogen (secondary N) is 2. The summed E-state index contributed by atoms with van der Waals surface area (Å²) in [5.41, 5.74) is -0.292. The maximum absolute atomic E-state index is 10.7. The van der Waals surface area contributed by atoms with Crippen molar-refractivity contribution in [3.63, 3.8) is 0 Å². The van der Waals surface area contributed by atoms with E-state index in [0.29, 0.717) is 19.0 Å². The first-order valence-electron chi connectivity index (χ1n) is 9.31. The Balaban J connectivity index is 1.97. The van der Waals surface area contributed by atoms with Gasteiger partial charge in [0, 0.05) is 44.0 Å². The van der Waals surface area contributed by atoms with E-state index in [0.717, 1.165) is 38.4 Å². The summed E-state index contributed by atoms with van der Waals surface area (Å²) in [5, 5.41) is 21.4. The molecule has 26 heavy (non-hydrogen) atoms. The SMILES string of the molecule is CCNC(=NCC(C)(C)N1CCOCC1)NCC(C)(O)c1cnn(C)c1. The summed E-state index contributed by atoms with van der Waals surface area (Å²) >= 11 is 0. The average Bonchev–Trinajstić information content (AvgIpc) is 3.06. The van der Waals surface area contributed by atoms with Crippen LogP contribution in [0, 0.1) is 0 Å². The van der Waals surface area contributed by atoms with Crippen LogP contribution in [0.1, 0.15) is 33.3 Å². The van der Waals surface area contributed by atoms with Crippen LogP contribution in [-0.4, -0.2) is 77.2 Å². The highest BCUT2D eigenvalue weighted by molar-refractivity contribution is 5.79. The highest BCUT2D eigenvalue weighted by Gasteiger charge is 2.28. The fourth-order valence-corrected chi connectivity index (χ4v) is 2.94. The number of ether oxygens (including phenoxy) is 1. The van der Waals surface area contributed by atoms with Crippen molar-refractivity contribution in [1.29, 1.82) is 0 Å². The minimum absolute atomic E-state index is 0.0437. The van der Waals surface area contributed by atoms with Crippen molar-refractivity contribution in [1.82, 2.24) is 25.3 Å². The lowest BCUT2D eigenvalue weighted by atomic mass is 10.00. The Morgan fingerprint density at radius 1 is 1.31 bits per heavy atom. The van der Waals surface area contributed by atoms with Crippen LogP contribution >= 0.6 is 0 Å². The van der Waals surface area contributed by atoms with E-state index in [4.69, 9.17) is 9.73 Å². The number of hydrogen-bond acceptors (Lipinski definition) is 5. The molecule has 0 aliphatic carbocycles. The van der Waals surface area contributed by atoms with Gasteiger partial charge in [-0.3, -0.25) is 14.6 Å². The Morgan fingerprint density at radius 3 is 2.58 bits per heavy atom. The van der Waals surface area contributed by atoms with Crippen LogP contribution in [0.2, 0.25) is 0 Å². The number of aryl methyl sites for hydroxylation is 1. The molecule has 0 aromatic carbocycles. The molecule has 8 nitrogen and oxygen atoms in total. The molecule has 1 unspecified atom stereocenters. The summed E-state index contributed by atoms with van der Waals surface area (Å²) in [7, 11) is 1.84. The molecule has 1 atom stereocenters. The second-order valence-corrected chi connectivity index (χ2v) is 7.64. The molecule has 8 heteroatoms. The highest BCUT2D eigenvalue weighted by Crippen LogP contribution is 2.19. The lowest BCUT2D eigenvalue weighted by Gasteiger charge is -2.40. The van der Waals surface area contributed by atoms with Gasteiger partial charge in [-0.15, -0.1) is 0 Å². The molecule has 0 bridgehead atoms. The molecule has 2 heterocycles.